The highest BCUT2D eigenvalue weighted by molar-refractivity contribution is 7.89. The van der Waals surface area contributed by atoms with Crippen LogP contribution in [0.15, 0.2) is 23.1 Å². The molecule has 0 saturated carbocycles. The number of aliphatic hydroxyl groups is 1. The second-order valence-electron chi connectivity index (χ2n) is 5.64. The third-order valence-electron chi connectivity index (χ3n) is 2.89. The van der Waals surface area contributed by atoms with Gasteiger partial charge in [0, 0.05) is 11.6 Å². The number of rotatable bonds is 4. The lowest BCUT2D eigenvalue weighted by atomic mass is 9.89. The normalized spacial score (nSPS) is 14.4. The molecular weight excluding hydrogens is 286 g/mol. The van der Waals surface area contributed by atoms with E-state index in [1.807, 2.05) is 20.8 Å². The van der Waals surface area contributed by atoms with Crippen LogP contribution in [0.1, 0.15) is 26.3 Å². The van der Waals surface area contributed by atoms with Crippen LogP contribution in [0.25, 0.3) is 0 Å². The fourth-order valence-corrected chi connectivity index (χ4v) is 2.98. The SMILES string of the molecule is Cc1cc(Cl)ccc1S(=O)(=O)NCC(O)C(C)(C)C. The van der Waals surface area contributed by atoms with Gasteiger partial charge >= 0.3 is 0 Å². The zero-order valence-corrected chi connectivity index (χ0v) is 13.1. The van der Waals surface area contributed by atoms with Crippen molar-refractivity contribution < 1.29 is 13.5 Å². The maximum Gasteiger partial charge on any atom is 0.240 e. The highest BCUT2D eigenvalue weighted by Gasteiger charge is 2.25. The van der Waals surface area contributed by atoms with Gasteiger partial charge in [0.05, 0.1) is 11.0 Å². The van der Waals surface area contributed by atoms with Crippen LogP contribution < -0.4 is 4.72 Å². The Kier molecular flexibility index (Phi) is 5.01. The molecule has 0 heterocycles. The summed E-state index contributed by atoms with van der Waals surface area (Å²) in [6, 6.07) is 4.59. The quantitative estimate of drug-likeness (QED) is 0.897. The molecule has 0 aliphatic rings. The Morgan fingerprint density at radius 3 is 2.42 bits per heavy atom. The first-order valence-electron chi connectivity index (χ1n) is 5.98. The molecular formula is C13H20ClNO3S. The molecule has 2 N–H and O–H groups in total. The van der Waals surface area contributed by atoms with E-state index in [4.69, 9.17) is 11.6 Å². The highest BCUT2D eigenvalue weighted by atomic mass is 35.5. The van der Waals surface area contributed by atoms with Gasteiger partial charge < -0.3 is 5.11 Å². The summed E-state index contributed by atoms with van der Waals surface area (Å²) in [5.74, 6) is 0. The molecule has 1 aromatic rings. The minimum absolute atomic E-state index is 0.0199. The van der Waals surface area contributed by atoms with E-state index in [-0.39, 0.29) is 16.9 Å². The number of sulfonamides is 1. The van der Waals surface area contributed by atoms with Crippen LogP contribution in [-0.2, 0) is 10.0 Å². The predicted octanol–water partition coefficient (Wildman–Crippen LogP) is 2.33. The van der Waals surface area contributed by atoms with E-state index >= 15 is 0 Å². The van der Waals surface area contributed by atoms with Crippen LogP contribution in [0, 0.1) is 12.3 Å². The number of hydrogen-bond acceptors (Lipinski definition) is 3. The van der Waals surface area contributed by atoms with Gasteiger partial charge in [-0.3, -0.25) is 0 Å². The second-order valence-corrected chi connectivity index (χ2v) is 7.82. The summed E-state index contributed by atoms with van der Waals surface area (Å²) in [5, 5.41) is 10.4. The van der Waals surface area contributed by atoms with E-state index in [9.17, 15) is 13.5 Å². The van der Waals surface area contributed by atoms with Gasteiger partial charge in [0.15, 0.2) is 0 Å². The van der Waals surface area contributed by atoms with Crippen molar-refractivity contribution in [2.75, 3.05) is 6.54 Å². The molecule has 4 nitrogen and oxygen atoms in total. The van der Waals surface area contributed by atoms with E-state index in [0.717, 1.165) is 0 Å². The summed E-state index contributed by atoms with van der Waals surface area (Å²) < 4.78 is 26.7. The molecule has 0 radical (unpaired) electrons. The monoisotopic (exact) mass is 305 g/mol. The largest absolute Gasteiger partial charge is 0.391 e. The van der Waals surface area contributed by atoms with Crippen molar-refractivity contribution in [3.8, 4) is 0 Å². The molecule has 1 rings (SSSR count). The summed E-state index contributed by atoms with van der Waals surface area (Å²) in [6.45, 7) is 7.20. The average Bonchev–Trinajstić information content (AvgIpc) is 2.24. The lowest BCUT2D eigenvalue weighted by Gasteiger charge is -2.25. The van der Waals surface area contributed by atoms with Crippen LogP contribution in [0.5, 0.6) is 0 Å². The molecule has 108 valence electrons. The Morgan fingerprint density at radius 2 is 1.95 bits per heavy atom. The maximum atomic E-state index is 12.1. The van der Waals surface area contributed by atoms with Crippen LogP contribution in [0.3, 0.4) is 0 Å². The van der Waals surface area contributed by atoms with Gasteiger partial charge in [0.2, 0.25) is 10.0 Å². The molecule has 0 bridgehead atoms. The maximum absolute atomic E-state index is 12.1. The Morgan fingerprint density at radius 1 is 1.37 bits per heavy atom. The van der Waals surface area contributed by atoms with E-state index in [0.29, 0.717) is 10.6 Å². The first-order chi connectivity index (χ1) is 8.54. The van der Waals surface area contributed by atoms with Crippen molar-refractivity contribution in [1.82, 2.24) is 4.72 Å². The highest BCUT2D eigenvalue weighted by Crippen LogP contribution is 2.21. The van der Waals surface area contributed by atoms with E-state index in [1.165, 1.54) is 12.1 Å². The number of benzene rings is 1. The standard InChI is InChI=1S/C13H20ClNO3S/c1-9-7-10(14)5-6-11(9)19(17,18)15-8-12(16)13(2,3)4/h5-7,12,15-16H,8H2,1-4H3. The smallest absolute Gasteiger partial charge is 0.240 e. The summed E-state index contributed by atoms with van der Waals surface area (Å²) >= 11 is 5.80. The Labute approximate surface area is 119 Å². The van der Waals surface area contributed by atoms with Crippen molar-refractivity contribution in [1.29, 1.82) is 0 Å². The number of aryl methyl sites for hydroxylation is 1. The summed E-state index contributed by atoms with van der Waals surface area (Å²) in [5.41, 5.74) is 0.197. The first-order valence-corrected chi connectivity index (χ1v) is 7.84. The third kappa shape index (κ3) is 4.45. The molecule has 0 aliphatic carbocycles. The van der Waals surface area contributed by atoms with Crippen LogP contribution in [-0.4, -0.2) is 26.2 Å². The van der Waals surface area contributed by atoms with Crippen LogP contribution in [0.2, 0.25) is 5.02 Å². The van der Waals surface area contributed by atoms with Gasteiger partial charge in [-0.25, -0.2) is 13.1 Å². The van der Waals surface area contributed by atoms with E-state index < -0.39 is 16.1 Å². The van der Waals surface area contributed by atoms with Crippen molar-refractivity contribution in [2.24, 2.45) is 5.41 Å². The van der Waals surface area contributed by atoms with Gasteiger partial charge in [0.25, 0.3) is 0 Å². The van der Waals surface area contributed by atoms with Crippen LogP contribution >= 0.6 is 11.6 Å². The van der Waals surface area contributed by atoms with Gasteiger partial charge in [0.1, 0.15) is 0 Å². The molecule has 19 heavy (non-hydrogen) atoms. The minimum Gasteiger partial charge on any atom is -0.391 e. The third-order valence-corrected chi connectivity index (χ3v) is 4.71. The topological polar surface area (TPSA) is 66.4 Å². The first kappa shape index (κ1) is 16.4. The van der Waals surface area contributed by atoms with Gasteiger partial charge in [-0.05, 0) is 36.1 Å². The number of hydrogen-bond donors (Lipinski definition) is 2. The van der Waals surface area contributed by atoms with Crippen molar-refractivity contribution in [2.45, 2.75) is 38.7 Å². The Balaban J connectivity index is 2.88. The second kappa shape index (κ2) is 5.79. The van der Waals surface area contributed by atoms with E-state index in [2.05, 4.69) is 4.72 Å². The molecule has 1 unspecified atom stereocenters. The molecule has 0 amide bonds. The van der Waals surface area contributed by atoms with Crippen molar-refractivity contribution >= 4 is 21.6 Å². The molecule has 0 fully saturated rings. The Hall–Kier alpha value is -0.620. The lowest BCUT2D eigenvalue weighted by molar-refractivity contribution is 0.0677. The molecule has 1 aromatic carbocycles. The van der Waals surface area contributed by atoms with E-state index in [1.54, 1.807) is 13.0 Å². The molecule has 0 aliphatic heterocycles. The zero-order valence-electron chi connectivity index (χ0n) is 11.6. The fourth-order valence-electron chi connectivity index (χ4n) is 1.49. The Bertz CT molecular complexity index is 549. The molecule has 0 spiro atoms. The van der Waals surface area contributed by atoms with Crippen LogP contribution in [0.4, 0.5) is 0 Å². The number of aliphatic hydroxyl groups excluding tert-OH is 1. The minimum atomic E-state index is -3.63. The van der Waals surface area contributed by atoms with Gasteiger partial charge in [-0.1, -0.05) is 32.4 Å². The fraction of sp³-hybridized carbons (Fsp3) is 0.538. The van der Waals surface area contributed by atoms with Crippen molar-refractivity contribution in [3.63, 3.8) is 0 Å². The lowest BCUT2D eigenvalue weighted by Crippen LogP contribution is -2.39. The van der Waals surface area contributed by atoms with Crippen molar-refractivity contribution in [3.05, 3.63) is 28.8 Å². The predicted molar refractivity (Wildman–Crippen MR) is 76.8 cm³/mol. The summed E-state index contributed by atoms with van der Waals surface area (Å²) in [7, 11) is -3.63. The number of halogens is 1. The van der Waals surface area contributed by atoms with Gasteiger partial charge in [-0.2, -0.15) is 0 Å². The molecule has 0 saturated heterocycles. The molecule has 1 atom stereocenters. The summed E-state index contributed by atoms with van der Waals surface area (Å²) in [6.07, 6.45) is -0.755. The number of nitrogens with one attached hydrogen (secondary N) is 1. The zero-order chi connectivity index (χ0) is 14.8. The average molecular weight is 306 g/mol. The molecule has 0 aromatic heterocycles. The summed E-state index contributed by atoms with van der Waals surface area (Å²) in [4.78, 5) is 0.179. The molecule has 6 heteroatoms. The van der Waals surface area contributed by atoms with Gasteiger partial charge in [-0.15, -0.1) is 0 Å².